The first-order valence-electron chi connectivity index (χ1n) is 9.81. The third kappa shape index (κ3) is 6.35. The molecule has 8 heteroatoms. The Bertz CT molecular complexity index is 827. The van der Waals surface area contributed by atoms with Crippen LogP contribution in [0.2, 0.25) is 0 Å². The molecule has 2 heterocycles. The van der Waals surface area contributed by atoms with E-state index < -0.39 is 0 Å². The maximum Gasteiger partial charge on any atom is 0.311 e. The maximum atomic E-state index is 12.5. The first kappa shape index (κ1) is 21.4. The zero-order valence-corrected chi connectivity index (χ0v) is 17.8. The Morgan fingerprint density at radius 3 is 2.59 bits per heavy atom. The zero-order valence-electron chi connectivity index (χ0n) is 17.0. The van der Waals surface area contributed by atoms with Crippen molar-refractivity contribution in [3.8, 4) is 0 Å². The lowest BCUT2D eigenvalue weighted by Crippen LogP contribution is -2.44. The van der Waals surface area contributed by atoms with Gasteiger partial charge in [-0.3, -0.25) is 19.8 Å². The number of morpholine rings is 1. The number of carbonyl (C=O) groups is 2. The second-order valence-corrected chi connectivity index (χ2v) is 8.09. The monoisotopic (exact) mass is 417 g/mol. The van der Waals surface area contributed by atoms with Crippen molar-refractivity contribution in [3.05, 3.63) is 46.5 Å². The molecule has 0 bridgehead atoms. The minimum absolute atomic E-state index is 0.105. The Kier molecular flexibility index (Phi) is 7.35. The number of benzene rings is 1. The van der Waals surface area contributed by atoms with Crippen molar-refractivity contribution in [1.82, 2.24) is 9.88 Å². The fourth-order valence-electron chi connectivity index (χ4n) is 3.41. The molecule has 1 fully saturated rings. The van der Waals surface area contributed by atoms with Gasteiger partial charge in [0.15, 0.2) is 5.13 Å². The molecule has 7 nitrogen and oxygen atoms in total. The van der Waals surface area contributed by atoms with Gasteiger partial charge in [-0.25, -0.2) is 4.98 Å². The molecule has 2 aromatic rings. The molecule has 0 radical (unpaired) electrons. The molecule has 29 heavy (non-hydrogen) atoms. The lowest BCUT2D eigenvalue weighted by Gasteiger charge is -2.35. The topological polar surface area (TPSA) is 80.8 Å². The van der Waals surface area contributed by atoms with Crippen LogP contribution in [0.3, 0.4) is 0 Å². The molecule has 0 unspecified atom stereocenters. The third-order valence-electron chi connectivity index (χ3n) is 4.52. The minimum atomic E-state index is -0.324. The molecule has 1 saturated heterocycles. The van der Waals surface area contributed by atoms with Gasteiger partial charge in [0.2, 0.25) is 0 Å². The molecule has 1 aromatic carbocycles. The summed E-state index contributed by atoms with van der Waals surface area (Å²) in [4.78, 5) is 30.6. The van der Waals surface area contributed by atoms with Gasteiger partial charge in [-0.1, -0.05) is 12.1 Å². The zero-order chi connectivity index (χ0) is 20.8. The number of ether oxygens (including phenoxy) is 2. The minimum Gasteiger partial charge on any atom is -0.466 e. The number of amides is 1. The number of nitrogens with zero attached hydrogens (tertiary/aromatic N) is 2. The van der Waals surface area contributed by atoms with E-state index in [9.17, 15) is 9.59 Å². The quantitative estimate of drug-likeness (QED) is 0.697. The summed E-state index contributed by atoms with van der Waals surface area (Å²) in [5.41, 5.74) is 2.32. The van der Waals surface area contributed by atoms with Crippen LogP contribution in [0.5, 0.6) is 0 Å². The predicted molar refractivity (Wildman–Crippen MR) is 112 cm³/mol. The van der Waals surface area contributed by atoms with Gasteiger partial charge in [0.05, 0.1) is 30.9 Å². The van der Waals surface area contributed by atoms with Crippen LogP contribution in [0.4, 0.5) is 5.13 Å². The average Bonchev–Trinajstić information content (AvgIpc) is 3.08. The highest BCUT2D eigenvalue weighted by Crippen LogP contribution is 2.18. The van der Waals surface area contributed by atoms with E-state index in [1.165, 1.54) is 11.3 Å². The van der Waals surface area contributed by atoms with Crippen LogP contribution in [-0.4, -0.2) is 53.7 Å². The van der Waals surface area contributed by atoms with Gasteiger partial charge in [0.25, 0.3) is 5.91 Å². The van der Waals surface area contributed by atoms with E-state index in [-0.39, 0.29) is 30.5 Å². The number of esters is 1. The number of carbonyl (C=O) groups excluding carboxylic acids is 2. The molecular formula is C21H27N3O4S. The molecule has 1 aliphatic rings. The van der Waals surface area contributed by atoms with Crippen LogP contribution in [0.1, 0.15) is 42.4 Å². The van der Waals surface area contributed by atoms with E-state index >= 15 is 0 Å². The molecule has 1 amide bonds. The number of anilines is 1. The Morgan fingerprint density at radius 1 is 1.24 bits per heavy atom. The normalized spacial score (nSPS) is 19.7. The van der Waals surface area contributed by atoms with Crippen LogP contribution < -0.4 is 5.32 Å². The van der Waals surface area contributed by atoms with Crippen molar-refractivity contribution in [3.63, 3.8) is 0 Å². The van der Waals surface area contributed by atoms with Gasteiger partial charge in [0.1, 0.15) is 0 Å². The first-order valence-corrected chi connectivity index (χ1v) is 10.7. The van der Waals surface area contributed by atoms with E-state index in [1.54, 1.807) is 12.3 Å². The highest BCUT2D eigenvalue weighted by Gasteiger charge is 2.22. The van der Waals surface area contributed by atoms with Crippen molar-refractivity contribution >= 4 is 28.3 Å². The standard InChI is InChI=1S/C21H27N3O4S/c1-4-27-19(25)9-18-13-29-21(22-18)23-20(26)17-7-5-16(6-8-17)12-24-10-14(2)28-15(3)11-24/h5-8,13-15H,4,9-12H2,1-3H3,(H,22,23,26)/t14-,15+. The van der Waals surface area contributed by atoms with Gasteiger partial charge in [0, 0.05) is 30.6 Å². The van der Waals surface area contributed by atoms with Crippen LogP contribution in [0.15, 0.2) is 29.6 Å². The molecule has 1 aromatic heterocycles. The second kappa shape index (κ2) is 9.96. The van der Waals surface area contributed by atoms with Gasteiger partial charge in [-0.2, -0.15) is 0 Å². The smallest absolute Gasteiger partial charge is 0.311 e. The molecular weight excluding hydrogens is 390 g/mol. The number of nitrogens with one attached hydrogen (secondary N) is 1. The SMILES string of the molecule is CCOC(=O)Cc1csc(NC(=O)c2ccc(CN3C[C@@H](C)O[C@@H](C)C3)cc2)n1. The Morgan fingerprint density at radius 2 is 1.93 bits per heavy atom. The molecule has 1 aliphatic heterocycles. The molecule has 156 valence electrons. The predicted octanol–water partition coefficient (Wildman–Crippen LogP) is 3.11. The lowest BCUT2D eigenvalue weighted by atomic mass is 10.1. The summed E-state index contributed by atoms with van der Waals surface area (Å²) in [5.74, 6) is -0.544. The summed E-state index contributed by atoms with van der Waals surface area (Å²) in [7, 11) is 0. The van der Waals surface area contributed by atoms with Crippen LogP contribution >= 0.6 is 11.3 Å². The third-order valence-corrected chi connectivity index (χ3v) is 5.33. The molecule has 0 spiro atoms. The average molecular weight is 418 g/mol. The highest BCUT2D eigenvalue weighted by molar-refractivity contribution is 7.14. The van der Waals surface area contributed by atoms with Gasteiger partial charge < -0.3 is 9.47 Å². The number of thiazole rings is 1. The first-order chi connectivity index (χ1) is 13.9. The number of rotatable bonds is 7. The molecule has 3 rings (SSSR count). The van der Waals surface area contributed by atoms with Crippen molar-refractivity contribution in [2.24, 2.45) is 0 Å². The maximum absolute atomic E-state index is 12.5. The van der Waals surface area contributed by atoms with Gasteiger partial charge in [-0.15, -0.1) is 11.3 Å². The molecule has 0 aliphatic carbocycles. The van der Waals surface area contributed by atoms with E-state index in [2.05, 4.69) is 29.0 Å². The summed E-state index contributed by atoms with van der Waals surface area (Å²) in [5, 5.41) is 5.00. The van der Waals surface area contributed by atoms with Crippen LogP contribution in [0.25, 0.3) is 0 Å². The summed E-state index contributed by atoms with van der Waals surface area (Å²) < 4.78 is 10.7. The summed E-state index contributed by atoms with van der Waals surface area (Å²) in [6, 6.07) is 7.61. The number of hydrogen-bond donors (Lipinski definition) is 1. The highest BCUT2D eigenvalue weighted by atomic mass is 32.1. The Hall–Kier alpha value is -2.29. The van der Waals surface area contributed by atoms with Crippen molar-refractivity contribution in [1.29, 1.82) is 0 Å². The Labute approximate surface area is 175 Å². The van der Waals surface area contributed by atoms with Crippen molar-refractivity contribution in [2.75, 3.05) is 25.0 Å². The Balaban J connectivity index is 1.54. The summed E-state index contributed by atoms with van der Waals surface area (Å²) in [6.45, 7) is 8.93. The summed E-state index contributed by atoms with van der Waals surface area (Å²) >= 11 is 1.29. The van der Waals surface area contributed by atoms with Gasteiger partial charge >= 0.3 is 5.97 Å². The van der Waals surface area contributed by atoms with E-state index in [1.807, 2.05) is 24.3 Å². The molecule has 0 saturated carbocycles. The fraction of sp³-hybridized carbons (Fsp3) is 0.476. The van der Waals surface area contributed by atoms with E-state index in [0.717, 1.165) is 25.2 Å². The van der Waals surface area contributed by atoms with Crippen LogP contribution in [0, 0.1) is 0 Å². The fourth-order valence-corrected chi connectivity index (χ4v) is 4.11. The van der Waals surface area contributed by atoms with Gasteiger partial charge in [-0.05, 0) is 38.5 Å². The summed E-state index contributed by atoms with van der Waals surface area (Å²) in [6.07, 6.45) is 0.569. The number of hydrogen-bond acceptors (Lipinski definition) is 7. The second-order valence-electron chi connectivity index (χ2n) is 7.23. The number of aromatic nitrogens is 1. The largest absolute Gasteiger partial charge is 0.466 e. The lowest BCUT2D eigenvalue weighted by molar-refractivity contribution is -0.142. The van der Waals surface area contributed by atoms with E-state index in [0.29, 0.717) is 23.0 Å². The molecule has 1 N–H and O–H groups in total. The van der Waals surface area contributed by atoms with Crippen molar-refractivity contribution < 1.29 is 19.1 Å². The molecule has 2 atom stereocenters. The van der Waals surface area contributed by atoms with Crippen LogP contribution in [-0.2, 0) is 27.2 Å². The van der Waals surface area contributed by atoms with Crippen molar-refractivity contribution in [2.45, 2.75) is 45.9 Å². The van der Waals surface area contributed by atoms with E-state index in [4.69, 9.17) is 9.47 Å².